The van der Waals surface area contributed by atoms with Crippen LogP contribution >= 0.6 is 0 Å². The minimum atomic E-state index is -5.27. The summed E-state index contributed by atoms with van der Waals surface area (Å²) in [6.07, 6.45) is -2.48. The third-order valence-corrected chi connectivity index (χ3v) is 17.6. The molecule has 0 atom stereocenters. The molecule has 1 amide bonds. The van der Waals surface area contributed by atoms with Crippen LogP contribution in [0.25, 0.3) is 0 Å². The van der Waals surface area contributed by atoms with Crippen LogP contribution in [0.3, 0.4) is 0 Å². The van der Waals surface area contributed by atoms with Crippen LogP contribution in [0.15, 0.2) is 127 Å². The first-order valence-electron chi connectivity index (χ1n) is 22.6. The number of fused-ring (bicyclic) bond motifs is 12. The van der Waals surface area contributed by atoms with Gasteiger partial charge in [0.25, 0.3) is 66.6 Å². The fourth-order valence-corrected chi connectivity index (χ4v) is 12.2. The lowest BCUT2D eigenvalue weighted by Gasteiger charge is -2.19. The van der Waals surface area contributed by atoms with Gasteiger partial charge in [-0.25, -0.2) is 5.84 Å². The Labute approximate surface area is 465 Å². The fraction of sp³-hybridized carbons (Fsp3) is 0.125. The summed E-state index contributed by atoms with van der Waals surface area (Å²) in [5.41, 5.74) is -4.33. The molecule has 1 aromatic heterocycles. The molecule has 34 heteroatoms. The highest BCUT2D eigenvalue weighted by molar-refractivity contribution is 7.87. The molecule has 8 rings (SSSR count). The van der Waals surface area contributed by atoms with Gasteiger partial charge in [-0.2, -0.15) is 50.5 Å². The number of amides is 1. The lowest BCUT2D eigenvalue weighted by atomic mass is 9.91. The number of nitrogens with zero attached hydrogens (tertiary/aromatic N) is 1. The molecule has 7 aromatic rings. The van der Waals surface area contributed by atoms with Gasteiger partial charge >= 0.3 is 0 Å². The number of hydrazine groups is 1. The summed E-state index contributed by atoms with van der Waals surface area (Å²) in [7, 11) is -31.6. The van der Waals surface area contributed by atoms with Crippen molar-refractivity contribution < 1.29 is 113 Å². The third-order valence-electron chi connectivity index (χ3n) is 12.6. The lowest BCUT2D eigenvalue weighted by Crippen LogP contribution is -2.29. The smallest absolute Gasteiger partial charge is 0.294 e. The zero-order chi connectivity index (χ0) is 61.0. The first kappa shape index (κ1) is 61.8. The largest absolute Gasteiger partial charge is 0.507 e. The predicted octanol–water partition coefficient (Wildman–Crippen LogP) is 2.94. The molecule has 15 N–H and O–H groups in total. The number of carbonyl (C=O) groups is 1. The van der Waals surface area contributed by atoms with Gasteiger partial charge in [-0.15, -0.1) is 0 Å². The number of carbonyl (C=O) groups excluding carboxylic acids is 1. The molecule has 1 aliphatic carbocycles. The minimum absolute atomic E-state index is 0.303. The number of hydrogen-bond acceptors (Lipinski definition) is 21. The van der Waals surface area contributed by atoms with Crippen LogP contribution in [-0.2, 0) is 99.2 Å². The van der Waals surface area contributed by atoms with Crippen LogP contribution in [0.1, 0.15) is 77.1 Å². The van der Waals surface area contributed by atoms with Crippen LogP contribution in [0.2, 0.25) is 0 Å². The van der Waals surface area contributed by atoms with Crippen molar-refractivity contribution in [2.75, 3.05) is 0 Å². The monoisotopic (exact) mass is 1250 g/mol. The average molecular weight is 1250 g/mol. The highest BCUT2D eigenvalue weighted by atomic mass is 32.2. The van der Waals surface area contributed by atoms with E-state index in [1.54, 1.807) is 12.1 Å². The van der Waals surface area contributed by atoms with Crippen molar-refractivity contribution in [3.05, 3.63) is 170 Å². The maximum atomic E-state index is 12.6. The van der Waals surface area contributed by atoms with E-state index in [2.05, 4.69) is 4.98 Å². The van der Waals surface area contributed by atoms with E-state index in [0.717, 1.165) is 0 Å². The maximum absolute atomic E-state index is 12.6. The number of nitrogens with one attached hydrogen (secondary N) is 1. The number of nitrogen functional groups attached to an aromatic ring is 1. The van der Waals surface area contributed by atoms with Crippen LogP contribution in [0.4, 0.5) is 0 Å². The van der Waals surface area contributed by atoms with Crippen LogP contribution < -0.4 is 11.3 Å². The molecule has 0 saturated heterocycles. The van der Waals surface area contributed by atoms with E-state index in [1.807, 2.05) is 5.43 Å². The zero-order valence-corrected chi connectivity index (χ0v) is 46.0. The molecule has 1 heterocycles. The summed E-state index contributed by atoms with van der Waals surface area (Å²) in [5, 5.41) is 69.9. The molecule has 0 saturated carbocycles. The van der Waals surface area contributed by atoms with Crippen molar-refractivity contribution in [2.45, 2.75) is 67.9 Å². The van der Waals surface area contributed by atoms with Gasteiger partial charge in [-0.1, -0.05) is 0 Å². The first-order valence-corrected chi connectivity index (χ1v) is 31.2. The normalized spacial score (nSPS) is 13.5. The fourth-order valence-electron chi connectivity index (χ4n) is 8.70. The van der Waals surface area contributed by atoms with Gasteiger partial charge in [0.15, 0.2) is 0 Å². The van der Waals surface area contributed by atoms with Crippen molar-refractivity contribution in [2.24, 2.45) is 5.84 Å². The van der Waals surface area contributed by atoms with Crippen molar-refractivity contribution >= 4 is 66.6 Å². The Morgan fingerprint density at radius 3 is 0.598 bits per heavy atom. The Morgan fingerprint density at radius 2 is 0.476 bits per heavy atom. The number of nitrogens with two attached hydrogens (primary N) is 1. The molecule has 0 fully saturated rings. The Bertz CT molecular complexity index is 3700. The van der Waals surface area contributed by atoms with Gasteiger partial charge in [0.2, 0.25) is 0 Å². The first-order chi connectivity index (χ1) is 37.7. The zero-order valence-electron chi connectivity index (χ0n) is 41.1. The number of pyridine rings is 1. The van der Waals surface area contributed by atoms with Crippen LogP contribution in [0, 0.1) is 0 Å². The van der Waals surface area contributed by atoms with Crippen LogP contribution in [-0.4, -0.2) is 119 Å². The van der Waals surface area contributed by atoms with E-state index in [4.69, 9.17) is 5.84 Å². The highest BCUT2D eigenvalue weighted by Gasteiger charge is 2.29. The SMILES string of the molecule is NNC(=O)c1ccncc1.O=S(=O)(O)c1cc2c(O)c(c1)Cc1cc(S(=O)(=O)O)cc(c1O)Cc1cc(S(=O)(=O)O)cc(c1O)Cc1cc(S(=O)(=O)O)cc(c1O)Cc1cc(S(=O)(=O)O)cc(c1O)Cc1cc(S(=O)(=O)O)cc(c1O)C2. The van der Waals surface area contributed by atoms with Gasteiger partial charge in [-0.05, 0) is 84.9 Å². The van der Waals surface area contributed by atoms with E-state index < -0.39 is 230 Å². The van der Waals surface area contributed by atoms with E-state index in [-0.39, 0.29) is 5.91 Å². The van der Waals surface area contributed by atoms with Gasteiger partial charge in [0.05, 0.1) is 29.4 Å². The van der Waals surface area contributed by atoms with Gasteiger partial charge in [-0.3, -0.25) is 42.5 Å². The Kier molecular flexibility index (Phi) is 16.9. The van der Waals surface area contributed by atoms with Gasteiger partial charge in [0.1, 0.15) is 34.5 Å². The molecule has 0 radical (unpaired) electrons. The molecule has 436 valence electrons. The molecule has 0 aliphatic heterocycles. The molecule has 6 aromatic carbocycles. The minimum Gasteiger partial charge on any atom is -0.507 e. The van der Waals surface area contributed by atoms with E-state index in [0.29, 0.717) is 78.4 Å². The molecular formula is C48H43N3O25S6. The Balaban J connectivity index is 0.000000873. The standard InChI is InChI=1S/C42H36O24S6.C6H7N3O/c43-37-19-1-20-8-32(68(52,53)54)10-22(38(20)44)3-24-12-34(70(58,59)60)14-26(40(24)46)5-28-16-36(72(64,65)66)18-30(42(28)48)6-29-17-35(71(61,62)63)15-27(41(29)47)4-25-13-33(69(55,56)57)11-23(39(25)45)2-21(37)9-31(7-19)67(49,50)51;7-9-6(10)5-1-3-8-4-2-5/h7-18,43-48H,1-6H2,(H,49,50,51)(H,52,53,54)(H,55,56,57)(H,58,59,60)(H,61,62,63)(H,64,65,66);1-4H,7H2,(H,9,10). The third kappa shape index (κ3) is 13.9. The number of phenolic OH excluding ortho intramolecular Hbond substituents is 6. The van der Waals surface area contributed by atoms with Crippen LogP contribution in [0.5, 0.6) is 34.5 Å². The van der Waals surface area contributed by atoms with E-state index >= 15 is 0 Å². The van der Waals surface area contributed by atoms with E-state index in [1.165, 1.54) is 12.4 Å². The molecular weight excluding hydrogens is 1210 g/mol. The van der Waals surface area contributed by atoms with Crippen molar-refractivity contribution in [1.82, 2.24) is 10.4 Å². The predicted molar refractivity (Wildman–Crippen MR) is 280 cm³/mol. The summed E-state index contributed by atoms with van der Waals surface area (Å²) in [5.74, 6) is -0.985. The summed E-state index contributed by atoms with van der Waals surface area (Å²) in [6, 6.07) is 10.9. The topological polar surface area (TPSA) is 516 Å². The van der Waals surface area contributed by atoms with Crippen molar-refractivity contribution in [3.63, 3.8) is 0 Å². The summed E-state index contributed by atoms with van der Waals surface area (Å²) in [6.45, 7) is 0. The second-order valence-corrected chi connectivity index (χ2v) is 26.7. The Morgan fingerprint density at radius 1 is 0.329 bits per heavy atom. The molecule has 82 heavy (non-hydrogen) atoms. The van der Waals surface area contributed by atoms with Crippen molar-refractivity contribution in [3.8, 4) is 34.5 Å². The number of hydrogen-bond donors (Lipinski definition) is 14. The second kappa shape index (κ2) is 22.5. The number of rotatable bonds is 7. The summed E-state index contributed by atoms with van der Waals surface area (Å²) < 4.78 is 212. The molecule has 1 aliphatic rings. The second-order valence-electron chi connectivity index (χ2n) is 18.2. The summed E-state index contributed by atoms with van der Waals surface area (Å²) in [4.78, 5) is 8.50. The number of aromatic hydroxyl groups is 6. The number of phenols is 6. The highest BCUT2D eigenvalue weighted by Crippen LogP contribution is 2.42. The van der Waals surface area contributed by atoms with Gasteiger partial charge < -0.3 is 30.6 Å². The number of aromatic nitrogens is 1. The van der Waals surface area contributed by atoms with Crippen molar-refractivity contribution in [1.29, 1.82) is 0 Å². The molecule has 0 spiro atoms. The lowest BCUT2D eigenvalue weighted by molar-refractivity contribution is 0.0953. The maximum Gasteiger partial charge on any atom is 0.294 e. The molecule has 28 nitrogen and oxygen atoms in total. The van der Waals surface area contributed by atoms with E-state index in [9.17, 15) is 113 Å². The quantitative estimate of drug-likeness (QED) is 0.0472. The summed E-state index contributed by atoms with van der Waals surface area (Å²) >= 11 is 0. The molecule has 12 bridgehead atoms. The Hall–Kier alpha value is -7.84. The number of benzene rings is 6. The molecule has 0 unspecified atom stereocenters. The van der Waals surface area contributed by atoms with Gasteiger partial charge in [0, 0.05) is 123 Å². The average Bonchev–Trinajstić information content (AvgIpc) is 3.53.